The zero-order valence-electron chi connectivity index (χ0n) is 14.5. The molecular formula is C19H36N2. The molecule has 2 aliphatic carbocycles. The molecule has 1 aliphatic heterocycles. The Morgan fingerprint density at radius 3 is 2.43 bits per heavy atom. The topological polar surface area (TPSA) is 15.3 Å². The molecule has 2 nitrogen and oxygen atoms in total. The molecule has 0 radical (unpaired) electrons. The Morgan fingerprint density at radius 1 is 0.905 bits per heavy atom. The molecule has 3 unspecified atom stereocenters. The van der Waals surface area contributed by atoms with Gasteiger partial charge in [-0.15, -0.1) is 0 Å². The summed E-state index contributed by atoms with van der Waals surface area (Å²) in [6, 6.07) is 2.46. The Hall–Kier alpha value is -0.0800. The van der Waals surface area contributed by atoms with Gasteiger partial charge in [-0.25, -0.2) is 0 Å². The first-order valence-corrected chi connectivity index (χ1v) is 9.63. The van der Waals surface area contributed by atoms with Crippen LogP contribution in [0.4, 0.5) is 0 Å². The summed E-state index contributed by atoms with van der Waals surface area (Å²) in [7, 11) is 2.19. The normalized spacial score (nSPS) is 42.0. The standard InChI is InChI=1S/C19H36N2/c1-14(2)16-10-11-17(20-3)19(13-16)21-12-6-8-15-7-4-5-9-18(15)21/h14-20H,4-13H2,1-3H3/t15-,16?,17?,18-,19?/m1/s1. The van der Waals surface area contributed by atoms with Gasteiger partial charge in [0.1, 0.15) is 0 Å². The van der Waals surface area contributed by atoms with Crippen LogP contribution in [0.5, 0.6) is 0 Å². The van der Waals surface area contributed by atoms with Gasteiger partial charge < -0.3 is 5.32 Å². The molecule has 0 bridgehead atoms. The first-order chi connectivity index (χ1) is 10.2. The SMILES string of the molecule is CNC1CCC(C(C)C)CC1N1CCC[C@H]2CCCC[C@H]21. The van der Waals surface area contributed by atoms with E-state index in [-0.39, 0.29) is 0 Å². The van der Waals surface area contributed by atoms with Gasteiger partial charge in [0.2, 0.25) is 0 Å². The minimum atomic E-state index is 0.737. The Labute approximate surface area is 132 Å². The van der Waals surface area contributed by atoms with Gasteiger partial charge in [0.05, 0.1) is 0 Å². The van der Waals surface area contributed by atoms with Crippen LogP contribution in [0.1, 0.15) is 71.6 Å². The van der Waals surface area contributed by atoms with Crippen molar-refractivity contribution in [3.05, 3.63) is 0 Å². The maximum atomic E-state index is 3.66. The molecule has 0 aromatic heterocycles. The minimum absolute atomic E-state index is 0.737. The predicted octanol–water partition coefficient (Wildman–Crippen LogP) is 4.05. The van der Waals surface area contributed by atoms with E-state index in [1.165, 1.54) is 64.3 Å². The fourth-order valence-electron chi connectivity index (χ4n) is 5.56. The molecule has 2 heteroatoms. The summed E-state index contributed by atoms with van der Waals surface area (Å²) in [5.41, 5.74) is 0. The van der Waals surface area contributed by atoms with E-state index < -0.39 is 0 Å². The predicted molar refractivity (Wildman–Crippen MR) is 90.5 cm³/mol. The third-order valence-corrected chi connectivity index (χ3v) is 6.88. The summed E-state index contributed by atoms with van der Waals surface area (Å²) in [5, 5.41) is 3.66. The van der Waals surface area contributed by atoms with Crippen LogP contribution in [-0.2, 0) is 0 Å². The molecule has 3 fully saturated rings. The molecule has 122 valence electrons. The molecule has 0 aromatic rings. The molecule has 0 spiro atoms. The zero-order chi connectivity index (χ0) is 14.8. The lowest BCUT2D eigenvalue weighted by molar-refractivity contribution is -0.0118. The van der Waals surface area contributed by atoms with Gasteiger partial charge in [0.15, 0.2) is 0 Å². The molecule has 5 atom stereocenters. The molecule has 1 N–H and O–H groups in total. The Balaban J connectivity index is 1.74. The van der Waals surface area contributed by atoms with Crippen LogP contribution in [0.3, 0.4) is 0 Å². The number of hydrogen-bond donors (Lipinski definition) is 1. The van der Waals surface area contributed by atoms with Crippen LogP contribution in [0.2, 0.25) is 0 Å². The van der Waals surface area contributed by atoms with Gasteiger partial charge in [-0.05, 0) is 76.3 Å². The van der Waals surface area contributed by atoms with E-state index in [9.17, 15) is 0 Å². The molecule has 1 heterocycles. The number of likely N-dealkylation sites (N-methyl/N-ethyl adjacent to an activating group) is 1. The first kappa shape index (κ1) is 15.8. The van der Waals surface area contributed by atoms with Crippen molar-refractivity contribution in [1.82, 2.24) is 10.2 Å². The van der Waals surface area contributed by atoms with Gasteiger partial charge in [-0.3, -0.25) is 4.90 Å². The smallest absolute Gasteiger partial charge is 0.0255 e. The van der Waals surface area contributed by atoms with Crippen molar-refractivity contribution in [3.63, 3.8) is 0 Å². The van der Waals surface area contributed by atoms with Gasteiger partial charge in [-0.1, -0.05) is 26.7 Å². The number of nitrogens with one attached hydrogen (secondary N) is 1. The lowest BCUT2D eigenvalue weighted by Crippen LogP contribution is -2.59. The second-order valence-corrected chi connectivity index (χ2v) is 8.27. The van der Waals surface area contributed by atoms with Gasteiger partial charge >= 0.3 is 0 Å². The Morgan fingerprint density at radius 2 is 1.67 bits per heavy atom. The average Bonchev–Trinajstić information content (AvgIpc) is 2.53. The largest absolute Gasteiger partial charge is 0.315 e. The Kier molecular flexibility index (Phi) is 5.27. The van der Waals surface area contributed by atoms with Crippen molar-refractivity contribution >= 4 is 0 Å². The fourth-order valence-corrected chi connectivity index (χ4v) is 5.56. The van der Waals surface area contributed by atoms with Crippen LogP contribution in [-0.4, -0.2) is 36.6 Å². The van der Waals surface area contributed by atoms with Gasteiger partial charge in [0, 0.05) is 18.1 Å². The molecule has 3 aliphatic rings. The third-order valence-electron chi connectivity index (χ3n) is 6.88. The molecule has 0 amide bonds. The van der Waals surface area contributed by atoms with E-state index in [0.717, 1.165) is 35.9 Å². The van der Waals surface area contributed by atoms with Gasteiger partial charge in [0.25, 0.3) is 0 Å². The van der Waals surface area contributed by atoms with Crippen LogP contribution in [0.25, 0.3) is 0 Å². The summed E-state index contributed by atoms with van der Waals surface area (Å²) in [6.07, 6.45) is 13.2. The van der Waals surface area contributed by atoms with Crippen LogP contribution in [0.15, 0.2) is 0 Å². The summed E-state index contributed by atoms with van der Waals surface area (Å²) >= 11 is 0. The van der Waals surface area contributed by atoms with E-state index in [1.807, 2.05) is 0 Å². The maximum Gasteiger partial charge on any atom is 0.0255 e. The molecule has 21 heavy (non-hydrogen) atoms. The minimum Gasteiger partial charge on any atom is -0.315 e. The molecule has 0 aromatic carbocycles. The highest BCUT2D eigenvalue weighted by molar-refractivity contribution is 4.97. The van der Waals surface area contributed by atoms with E-state index in [0.29, 0.717) is 0 Å². The van der Waals surface area contributed by atoms with Crippen molar-refractivity contribution in [2.75, 3.05) is 13.6 Å². The molecule has 3 rings (SSSR count). The van der Waals surface area contributed by atoms with Crippen molar-refractivity contribution in [2.45, 2.75) is 89.8 Å². The highest BCUT2D eigenvalue weighted by Crippen LogP contribution is 2.40. The quantitative estimate of drug-likeness (QED) is 0.844. The third kappa shape index (κ3) is 3.32. The van der Waals surface area contributed by atoms with E-state index in [4.69, 9.17) is 0 Å². The summed E-state index contributed by atoms with van der Waals surface area (Å²) in [4.78, 5) is 2.98. The number of rotatable bonds is 3. The van der Waals surface area contributed by atoms with E-state index in [2.05, 4.69) is 31.1 Å². The second kappa shape index (κ2) is 7.00. The number of nitrogens with zero attached hydrogens (tertiary/aromatic N) is 1. The van der Waals surface area contributed by atoms with Crippen LogP contribution < -0.4 is 5.32 Å². The zero-order valence-corrected chi connectivity index (χ0v) is 14.5. The lowest BCUT2D eigenvalue weighted by Gasteiger charge is -2.52. The van der Waals surface area contributed by atoms with Crippen LogP contribution in [0, 0.1) is 17.8 Å². The number of piperidine rings is 1. The first-order valence-electron chi connectivity index (χ1n) is 9.63. The van der Waals surface area contributed by atoms with Gasteiger partial charge in [-0.2, -0.15) is 0 Å². The Bertz CT molecular complexity index is 326. The second-order valence-electron chi connectivity index (χ2n) is 8.27. The molecule has 1 saturated heterocycles. The van der Waals surface area contributed by atoms with Crippen LogP contribution >= 0.6 is 0 Å². The highest BCUT2D eigenvalue weighted by atomic mass is 15.2. The lowest BCUT2D eigenvalue weighted by atomic mass is 9.72. The molecular weight excluding hydrogens is 256 g/mol. The van der Waals surface area contributed by atoms with E-state index >= 15 is 0 Å². The number of hydrogen-bond acceptors (Lipinski definition) is 2. The number of fused-ring (bicyclic) bond motifs is 1. The maximum absolute atomic E-state index is 3.66. The summed E-state index contributed by atoms with van der Waals surface area (Å²) < 4.78 is 0. The summed E-state index contributed by atoms with van der Waals surface area (Å²) in [6.45, 7) is 6.23. The number of likely N-dealkylation sites (tertiary alicyclic amines) is 1. The fraction of sp³-hybridized carbons (Fsp3) is 1.00. The highest BCUT2D eigenvalue weighted by Gasteiger charge is 2.41. The summed E-state index contributed by atoms with van der Waals surface area (Å²) in [5.74, 6) is 2.82. The van der Waals surface area contributed by atoms with Crippen molar-refractivity contribution < 1.29 is 0 Å². The monoisotopic (exact) mass is 292 g/mol. The average molecular weight is 293 g/mol. The van der Waals surface area contributed by atoms with E-state index in [1.54, 1.807) is 0 Å². The van der Waals surface area contributed by atoms with Crippen molar-refractivity contribution in [3.8, 4) is 0 Å². The van der Waals surface area contributed by atoms with Crippen molar-refractivity contribution in [2.24, 2.45) is 17.8 Å². The van der Waals surface area contributed by atoms with Crippen molar-refractivity contribution in [1.29, 1.82) is 0 Å². The molecule has 2 saturated carbocycles.